The van der Waals surface area contributed by atoms with Gasteiger partial charge in [0.25, 0.3) is 5.56 Å². The first kappa shape index (κ1) is 18.6. The molecule has 1 aliphatic rings. The second-order valence-electron chi connectivity index (χ2n) is 7.40. The molecule has 1 fully saturated rings. The maximum Gasteiger partial charge on any atom is 0.250 e. The van der Waals surface area contributed by atoms with Gasteiger partial charge >= 0.3 is 0 Å². The Morgan fingerprint density at radius 3 is 2.36 bits per heavy atom. The number of β-amino-alcohol motifs (C(OH)–C–C–N with tert-alkyl or cyclic N) is 1. The molecule has 1 saturated heterocycles. The number of likely N-dealkylation sites (tertiary alicyclic amines) is 1. The van der Waals surface area contributed by atoms with Crippen LogP contribution in [0.25, 0.3) is 11.1 Å². The number of aromatic amines is 1. The van der Waals surface area contributed by atoms with Gasteiger partial charge in [-0.15, -0.1) is 0 Å². The Kier molecular flexibility index (Phi) is 5.65. The summed E-state index contributed by atoms with van der Waals surface area (Å²) in [5.74, 6) is 1.07. The van der Waals surface area contributed by atoms with Crippen molar-refractivity contribution in [2.24, 2.45) is 0 Å². The first-order valence-electron chi connectivity index (χ1n) is 9.80. The standard InChI is InChI=1S/C23H25N3O2/c27-21(19-8-6-18(7-9-19)17-4-2-1-3-5-17)16-26-14-11-20(12-15-26)23-24-13-10-22(28)25-23/h1-10,13,20-21,27H,11-12,14-16H2,(H,24,25,28). The van der Waals surface area contributed by atoms with Crippen molar-refractivity contribution in [2.75, 3.05) is 19.6 Å². The summed E-state index contributed by atoms with van der Waals surface area (Å²) in [6, 6.07) is 19.8. The van der Waals surface area contributed by atoms with Crippen LogP contribution in [0.15, 0.2) is 71.7 Å². The molecule has 0 bridgehead atoms. The summed E-state index contributed by atoms with van der Waals surface area (Å²) in [6.45, 7) is 2.40. The molecule has 0 amide bonds. The van der Waals surface area contributed by atoms with Gasteiger partial charge in [0.15, 0.2) is 0 Å². The van der Waals surface area contributed by atoms with E-state index in [1.807, 2.05) is 30.3 Å². The van der Waals surface area contributed by atoms with E-state index in [0.29, 0.717) is 6.54 Å². The molecule has 1 unspecified atom stereocenters. The van der Waals surface area contributed by atoms with Gasteiger partial charge < -0.3 is 15.0 Å². The summed E-state index contributed by atoms with van der Waals surface area (Å²) in [5.41, 5.74) is 3.18. The third-order valence-electron chi connectivity index (χ3n) is 5.50. The minimum absolute atomic E-state index is 0.0956. The van der Waals surface area contributed by atoms with E-state index in [0.717, 1.165) is 42.9 Å². The lowest BCUT2D eigenvalue weighted by Gasteiger charge is -2.32. The van der Waals surface area contributed by atoms with Crippen LogP contribution in [0.3, 0.4) is 0 Å². The molecule has 1 atom stereocenters. The number of aliphatic hydroxyl groups is 1. The predicted octanol–water partition coefficient (Wildman–Crippen LogP) is 3.35. The molecule has 0 saturated carbocycles. The highest BCUT2D eigenvalue weighted by atomic mass is 16.3. The fraction of sp³-hybridized carbons (Fsp3) is 0.304. The molecular formula is C23H25N3O2. The van der Waals surface area contributed by atoms with E-state index < -0.39 is 6.10 Å². The van der Waals surface area contributed by atoms with Crippen LogP contribution < -0.4 is 5.56 Å². The zero-order chi connectivity index (χ0) is 19.3. The summed E-state index contributed by atoms with van der Waals surface area (Å²) in [5, 5.41) is 10.7. The Morgan fingerprint density at radius 1 is 1.00 bits per heavy atom. The molecule has 1 aromatic heterocycles. The molecule has 3 aromatic rings. The Bertz CT molecular complexity index is 945. The van der Waals surface area contributed by atoms with Crippen molar-refractivity contribution in [1.29, 1.82) is 0 Å². The van der Waals surface area contributed by atoms with Gasteiger partial charge in [-0.1, -0.05) is 54.6 Å². The number of nitrogens with zero attached hydrogens (tertiary/aromatic N) is 2. The third kappa shape index (κ3) is 4.38. The van der Waals surface area contributed by atoms with Crippen LogP contribution in [0.5, 0.6) is 0 Å². The van der Waals surface area contributed by atoms with Crippen LogP contribution in [0.4, 0.5) is 0 Å². The number of hydrogen-bond acceptors (Lipinski definition) is 4. The molecule has 0 radical (unpaired) electrons. The van der Waals surface area contributed by atoms with Gasteiger partial charge in [0.05, 0.1) is 6.10 Å². The molecule has 2 N–H and O–H groups in total. The van der Waals surface area contributed by atoms with Gasteiger partial charge in [-0.2, -0.15) is 0 Å². The second-order valence-corrected chi connectivity index (χ2v) is 7.40. The van der Waals surface area contributed by atoms with Crippen molar-refractivity contribution < 1.29 is 5.11 Å². The minimum Gasteiger partial charge on any atom is -0.387 e. The SMILES string of the molecule is O=c1ccnc(C2CCN(CC(O)c3ccc(-c4ccccc4)cc3)CC2)[nH]1. The highest BCUT2D eigenvalue weighted by molar-refractivity contribution is 5.63. The molecule has 0 spiro atoms. The molecule has 28 heavy (non-hydrogen) atoms. The Morgan fingerprint density at radius 2 is 1.68 bits per heavy atom. The van der Waals surface area contributed by atoms with Crippen molar-refractivity contribution in [3.05, 3.63) is 88.6 Å². The van der Waals surface area contributed by atoms with Crippen LogP contribution in [0.2, 0.25) is 0 Å². The number of aliphatic hydroxyl groups excluding tert-OH is 1. The van der Waals surface area contributed by atoms with E-state index in [9.17, 15) is 9.90 Å². The van der Waals surface area contributed by atoms with Gasteiger partial charge in [-0.25, -0.2) is 4.98 Å². The number of rotatable bonds is 5. The Balaban J connectivity index is 1.33. The monoisotopic (exact) mass is 375 g/mol. The lowest BCUT2D eigenvalue weighted by Crippen LogP contribution is -2.36. The maximum absolute atomic E-state index is 11.5. The van der Waals surface area contributed by atoms with Crippen molar-refractivity contribution in [2.45, 2.75) is 24.9 Å². The zero-order valence-corrected chi connectivity index (χ0v) is 15.8. The number of hydrogen-bond donors (Lipinski definition) is 2. The molecular weight excluding hydrogens is 350 g/mol. The number of aromatic nitrogens is 2. The van der Waals surface area contributed by atoms with Crippen molar-refractivity contribution >= 4 is 0 Å². The van der Waals surface area contributed by atoms with E-state index in [1.165, 1.54) is 11.6 Å². The van der Waals surface area contributed by atoms with Crippen molar-refractivity contribution in [1.82, 2.24) is 14.9 Å². The predicted molar refractivity (Wildman–Crippen MR) is 110 cm³/mol. The van der Waals surface area contributed by atoms with E-state index in [4.69, 9.17) is 0 Å². The molecule has 5 nitrogen and oxygen atoms in total. The summed E-state index contributed by atoms with van der Waals surface area (Å²) in [7, 11) is 0. The van der Waals surface area contributed by atoms with E-state index in [2.05, 4.69) is 39.1 Å². The molecule has 0 aliphatic carbocycles. The van der Waals surface area contributed by atoms with E-state index in [-0.39, 0.29) is 11.5 Å². The van der Waals surface area contributed by atoms with E-state index >= 15 is 0 Å². The van der Waals surface area contributed by atoms with Gasteiger partial charge in [0.2, 0.25) is 0 Å². The van der Waals surface area contributed by atoms with Crippen molar-refractivity contribution in [3.63, 3.8) is 0 Å². The first-order chi connectivity index (χ1) is 13.7. The summed E-state index contributed by atoms with van der Waals surface area (Å²) < 4.78 is 0. The van der Waals surface area contributed by atoms with Crippen LogP contribution in [-0.4, -0.2) is 39.6 Å². The quantitative estimate of drug-likeness (QED) is 0.718. The fourth-order valence-electron chi connectivity index (χ4n) is 3.86. The lowest BCUT2D eigenvalue weighted by molar-refractivity contribution is 0.0966. The van der Waals surface area contributed by atoms with Crippen LogP contribution >= 0.6 is 0 Å². The smallest absolute Gasteiger partial charge is 0.250 e. The Hall–Kier alpha value is -2.76. The van der Waals surface area contributed by atoms with Gasteiger partial charge in [0.1, 0.15) is 5.82 Å². The summed E-state index contributed by atoms with van der Waals surface area (Å²) in [6.07, 6.45) is 2.94. The van der Waals surface area contributed by atoms with Crippen LogP contribution in [0.1, 0.15) is 36.3 Å². The van der Waals surface area contributed by atoms with Crippen LogP contribution in [0, 0.1) is 0 Å². The van der Waals surface area contributed by atoms with Gasteiger partial charge in [-0.05, 0) is 42.6 Å². The van der Waals surface area contributed by atoms with Crippen LogP contribution in [-0.2, 0) is 0 Å². The first-order valence-corrected chi connectivity index (χ1v) is 9.80. The van der Waals surface area contributed by atoms with Crippen molar-refractivity contribution in [3.8, 4) is 11.1 Å². The lowest BCUT2D eigenvalue weighted by atomic mass is 9.95. The van der Waals surface area contributed by atoms with E-state index in [1.54, 1.807) is 6.20 Å². The summed E-state index contributed by atoms with van der Waals surface area (Å²) in [4.78, 5) is 20.9. The number of H-pyrrole nitrogens is 1. The summed E-state index contributed by atoms with van der Waals surface area (Å²) >= 11 is 0. The maximum atomic E-state index is 11.5. The molecule has 2 heterocycles. The number of benzene rings is 2. The Labute approximate surface area is 164 Å². The minimum atomic E-state index is -0.504. The van der Waals surface area contributed by atoms with Gasteiger partial charge in [0, 0.05) is 24.7 Å². The van der Waals surface area contributed by atoms with Gasteiger partial charge in [-0.3, -0.25) is 4.79 Å². The highest BCUT2D eigenvalue weighted by Crippen LogP contribution is 2.27. The third-order valence-corrected chi connectivity index (χ3v) is 5.50. The fourth-order valence-corrected chi connectivity index (χ4v) is 3.86. The number of piperidine rings is 1. The highest BCUT2D eigenvalue weighted by Gasteiger charge is 2.24. The number of nitrogens with one attached hydrogen (secondary N) is 1. The molecule has 2 aromatic carbocycles. The normalized spacial score (nSPS) is 16.8. The second kappa shape index (κ2) is 8.50. The molecule has 1 aliphatic heterocycles. The topological polar surface area (TPSA) is 69.2 Å². The molecule has 5 heteroatoms. The average molecular weight is 375 g/mol. The molecule has 4 rings (SSSR count). The zero-order valence-electron chi connectivity index (χ0n) is 15.8. The largest absolute Gasteiger partial charge is 0.387 e. The average Bonchev–Trinajstić information content (AvgIpc) is 2.75. The molecule has 144 valence electrons.